The quantitative estimate of drug-likeness (QED) is 0.736. The standard InChI is InChI=1S/C18H24N2O4/c21-11-16-15(20-18(23)12-6-7-12)9-8-14(24-16)10-17(22)19-13-4-2-1-3-5-13/h1-5,12,14-16,21H,6-11H2,(H,19,22)(H,20,23)/t14-,15+,16-/m0/s1. The molecule has 6 heteroatoms. The summed E-state index contributed by atoms with van der Waals surface area (Å²) in [5.41, 5.74) is 0.756. The Hall–Kier alpha value is -1.92. The summed E-state index contributed by atoms with van der Waals surface area (Å²) in [5.74, 6) is 0.0874. The third kappa shape index (κ3) is 4.55. The van der Waals surface area contributed by atoms with Crippen molar-refractivity contribution < 1.29 is 19.4 Å². The lowest BCUT2D eigenvalue weighted by molar-refractivity contribution is -0.134. The van der Waals surface area contributed by atoms with Gasteiger partial charge < -0.3 is 20.5 Å². The first-order valence-corrected chi connectivity index (χ1v) is 8.57. The maximum Gasteiger partial charge on any atom is 0.226 e. The van der Waals surface area contributed by atoms with Crippen LogP contribution in [-0.2, 0) is 14.3 Å². The molecule has 0 radical (unpaired) electrons. The van der Waals surface area contributed by atoms with E-state index in [1.165, 1.54) is 0 Å². The average molecular weight is 332 g/mol. The largest absolute Gasteiger partial charge is 0.394 e. The van der Waals surface area contributed by atoms with Crippen LogP contribution in [0.3, 0.4) is 0 Å². The average Bonchev–Trinajstić information content (AvgIpc) is 3.42. The number of carbonyl (C=O) groups excluding carboxylic acids is 2. The number of aliphatic hydroxyl groups excluding tert-OH is 1. The fourth-order valence-corrected chi connectivity index (χ4v) is 3.03. The molecule has 6 nitrogen and oxygen atoms in total. The Kier molecular flexibility index (Phi) is 5.48. The lowest BCUT2D eigenvalue weighted by Gasteiger charge is -2.36. The van der Waals surface area contributed by atoms with Gasteiger partial charge in [-0.05, 0) is 37.8 Å². The highest BCUT2D eigenvalue weighted by atomic mass is 16.5. The highest BCUT2D eigenvalue weighted by Crippen LogP contribution is 2.30. The minimum Gasteiger partial charge on any atom is -0.394 e. The Labute approximate surface area is 141 Å². The number of ether oxygens (including phenoxy) is 1. The van der Waals surface area contributed by atoms with Gasteiger partial charge in [-0.3, -0.25) is 9.59 Å². The highest BCUT2D eigenvalue weighted by molar-refractivity contribution is 5.91. The molecule has 130 valence electrons. The zero-order valence-corrected chi connectivity index (χ0v) is 13.6. The van der Waals surface area contributed by atoms with Crippen molar-refractivity contribution in [3.63, 3.8) is 0 Å². The molecule has 1 heterocycles. The van der Waals surface area contributed by atoms with E-state index in [4.69, 9.17) is 4.74 Å². The Morgan fingerprint density at radius 1 is 1.12 bits per heavy atom. The van der Waals surface area contributed by atoms with Gasteiger partial charge >= 0.3 is 0 Å². The fourth-order valence-electron chi connectivity index (χ4n) is 3.03. The van der Waals surface area contributed by atoms with Crippen molar-refractivity contribution in [1.29, 1.82) is 0 Å². The number of benzene rings is 1. The molecule has 0 unspecified atom stereocenters. The first-order valence-electron chi connectivity index (χ1n) is 8.57. The second-order valence-electron chi connectivity index (χ2n) is 6.56. The zero-order chi connectivity index (χ0) is 16.9. The summed E-state index contributed by atoms with van der Waals surface area (Å²) in [6.45, 7) is -0.160. The van der Waals surface area contributed by atoms with Crippen LogP contribution in [-0.4, -0.2) is 41.8 Å². The minimum atomic E-state index is -0.448. The van der Waals surface area contributed by atoms with Crippen molar-refractivity contribution in [2.24, 2.45) is 5.92 Å². The molecule has 1 aromatic carbocycles. The van der Waals surface area contributed by atoms with Crippen LogP contribution in [0.1, 0.15) is 32.1 Å². The number of aliphatic hydroxyl groups is 1. The van der Waals surface area contributed by atoms with Gasteiger partial charge in [-0.1, -0.05) is 18.2 Å². The molecule has 0 spiro atoms. The van der Waals surface area contributed by atoms with Crippen LogP contribution in [0.15, 0.2) is 30.3 Å². The molecule has 1 aliphatic carbocycles. The summed E-state index contributed by atoms with van der Waals surface area (Å²) in [7, 11) is 0. The van der Waals surface area contributed by atoms with Gasteiger partial charge in [0.25, 0.3) is 0 Å². The van der Waals surface area contributed by atoms with Crippen molar-refractivity contribution in [3.05, 3.63) is 30.3 Å². The molecule has 1 saturated heterocycles. The third-order valence-electron chi connectivity index (χ3n) is 4.54. The number of hydrogen-bond acceptors (Lipinski definition) is 4. The molecule has 0 aromatic heterocycles. The predicted molar refractivity (Wildman–Crippen MR) is 89.3 cm³/mol. The van der Waals surface area contributed by atoms with Crippen LogP contribution in [0.25, 0.3) is 0 Å². The summed E-state index contributed by atoms with van der Waals surface area (Å²) in [6, 6.07) is 9.11. The van der Waals surface area contributed by atoms with E-state index in [9.17, 15) is 14.7 Å². The Bertz CT molecular complexity index is 574. The molecule has 1 saturated carbocycles. The smallest absolute Gasteiger partial charge is 0.226 e. The Morgan fingerprint density at radius 3 is 2.54 bits per heavy atom. The van der Waals surface area contributed by atoms with Gasteiger partial charge in [0.05, 0.1) is 25.2 Å². The third-order valence-corrected chi connectivity index (χ3v) is 4.54. The molecule has 0 bridgehead atoms. The molecule has 24 heavy (non-hydrogen) atoms. The summed E-state index contributed by atoms with van der Waals surface area (Å²) < 4.78 is 5.83. The number of para-hydroxylation sites is 1. The van der Waals surface area contributed by atoms with E-state index in [0.29, 0.717) is 12.8 Å². The van der Waals surface area contributed by atoms with Crippen LogP contribution in [0.5, 0.6) is 0 Å². The van der Waals surface area contributed by atoms with E-state index in [0.717, 1.165) is 18.5 Å². The van der Waals surface area contributed by atoms with Gasteiger partial charge in [-0.15, -0.1) is 0 Å². The van der Waals surface area contributed by atoms with Crippen LogP contribution in [0.2, 0.25) is 0 Å². The number of hydrogen-bond donors (Lipinski definition) is 3. The van der Waals surface area contributed by atoms with Crippen LogP contribution in [0, 0.1) is 5.92 Å². The maximum absolute atomic E-state index is 12.1. The molecule has 3 rings (SSSR count). The Morgan fingerprint density at radius 2 is 1.88 bits per heavy atom. The summed E-state index contributed by atoms with van der Waals surface area (Å²) in [5, 5.41) is 15.3. The van der Waals surface area contributed by atoms with Crippen LogP contribution in [0.4, 0.5) is 5.69 Å². The number of rotatable bonds is 6. The second-order valence-corrected chi connectivity index (χ2v) is 6.56. The summed E-state index contributed by atoms with van der Waals surface area (Å²) in [6.07, 6.45) is 2.86. The van der Waals surface area contributed by atoms with E-state index in [1.807, 2.05) is 30.3 Å². The van der Waals surface area contributed by atoms with E-state index < -0.39 is 6.10 Å². The van der Waals surface area contributed by atoms with Gasteiger partial charge in [-0.25, -0.2) is 0 Å². The molecule has 2 fully saturated rings. The number of carbonyl (C=O) groups is 2. The molecule has 2 amide bonds. The van der Waals surface area contributed by atoms with Crippen LogP contribution < -0.4 is 10.6 Å². The van der Waals surface area contributed by atoms with Gasteiger partial charge in [0.15, 0.2) is 0 Å². The van der Waals surface area contributed by atoms with Crippen molar-refractivity contribution in [3.8, 4) is 0 Å². The zero-order valence-electron chi connectivity index (χ0n) is 13.6. The van der Waals surface area contributed by atoms with Crippen molar-refractivity contribution in [1.82, 2.24) is 5.32 Å². The topological polar surface area (TPSA) is 87.7 Å². The van der Waals surface area contributed by atoms with Crippen molar-refractivity contribution in [2.45, 2.75) is 50.4 Å². The molecular weight excluding hydrogens is 308 g/mol. The number of amides is 2. The van der Waals surface area contributed by atoms with Crippen molar-refractivity contribution >= 4 is 17.5 Å². The second kappa shape index (κ2) is 7.77. The summed E-state index contributed by atoms with van der Waals surface area (Å²) >= 11 is 0. The molecule has 3 atom stereocenters. The highest BCUT2D eigenvalue weighted by Gasteiger charge is 2.36. The monoisotopic (exact) mass is 332 g/mol. The van der Waals surface area contributed by atoms with E-state index >= 15 is 0 Å². The number of nitrogens with one attached hydrogen (secondary N) is 2. The lowest BCUT2D eigenvalue weighted by Crippen LogP contribution is -2.51. The van der Waals surface area contributed by atoms with Gasteiger partial charge in [0.2, 0.25) is 11.8 Å². The van der Waals surface area contributed by atoms with E-state index in [2.05, 4.69) is 10.6 Å². The molecule has 2 aliphatic rings. The molecule has 3 N–H and O–H groups in total. The molecule has 1 aromatic rings. The normalized spacial score (nSPS) is 26.6. The first-order chi connectivity index (χ1) is 11.7. The SMILES string of the molecule is O=C(C[C@@H]1CC[C@@H](NC(=O)C2CC2)[C@H](CO)O1)Nc1ccccc1. The molecular formula is C18H24N2O4. The van der Waals surface area contributed by atoms with Crippen LogP contribution >= 0.6 is 0 Å². The maximum atomic E-state index is 12.1. The van der Waals surface area contributed by atoms with Gasteiger partial charge in [0, 0.05) is 11.6 Å². The van der Waals surface area contributed by atoms with Crippen molar-refractivity contribution in [2.75, 3.05) is 11.9 Å². The predicted octanol–water partition coefficient (Wildman–Crippen LogP) is 1.45. The van der Waals surface area contributed by atoms with E-state index in [1.54, 1.807) is 0 Å². The van der Waals surface area contributed by atoms with Gasteiger partial charge in [-0.2, -0.15) is 0 Å². The molecule has 1 aliphatic heterocycles. The van der Waals surface area contributed by atoms with Gasteiger partial charge in [0.1, 0.15) is 6.10 Å². The minimum absolute atomic E-state index is 0.0577. The Balaban J connectivity index is 1.47. The fraction of sp³-hybridized carbons (Fsp3) is 0.556. The number of anilines is 1. The van der Waals surface area contributed by atoms with E-state index in [-0.39, 0.29) is 42.9 Å². The first kappa shape index (κ1) is 16.9. The lowest BCUT2D eigenvalue weighted by atomic mass is 9.96. The summed E-state index contributed by atoms with van der Waals surface area (Å²) in [4.78, 5) is 24.0.